The topological polar surface area (TPSA) is 55.1 Å². The molecule has 1 aliphatic rings. The molecule has 19 heavy (non-hydrogen) atoms. The van der Waals surface area contributed by atoms with Crippen LogP contribution in [-0.2, 0) is 6.54 Å². The Kier molecular flexibility index (Phi) is 4.88. The molecule has 0 aromatic heterocycles. The van der Waals surface area contributed by atoms with Crippen molar-refractivity contribution in [2.45, 2.75) is 37.0 Å². The maximum absolute atomic E-state index is 12.1. The molecule has 1 saturated carbocycles. The van der Waals surface area contributed by atoms with Gasteiger partial charge in [-0.1, -0.05) is 25.0 Å². The lowest BCUT2D eigenvalue weighted by Crippen LogP contribution is -2.38. The van der Waals surface area contributed by atoms with Crippen LogP contribution in [0.1, 0.15) is 41.6 Å². The number of carbonyl (C=O) groups excluding carboxylic acids is 1. The first-order valence-corrected chi connectivity index (χ1v) is 8.04. The molecule has 1 amide bonds. The smallest absolute Gasteiger partial charge is 0.251 e. The van der Waals surface area contributed by atoms with Crippen LogP contribution in [0.5, 0.6) is 0 Å². The van der Waals surface area contributed by atoms with E-state index in [-0.39, 0.29) is 10.7 Å². The van der Waals surface area contributed by atoms with E-state index in [0.29, 0.717) is 12.1 Å². The number of nitrogens with two attached hydrogens (primary N) is 1. The van der Waals surface area contributed by atoms with Gasteiger partial charge in [-0.05, 0) is 36.8 Å². The summed E-state index contributed by atoms with van der Waals surface area (Å²) < 4.78 is 0.257. The Hall–Kier alpha value is -1.00. The highest BCUT2D eigenvalue weighted by atomic mass is 32.2. The van der Waals surface area contributed by atoms with E-state index in [9.17, 15) is 4.79 Å². The quantitative estimate of drug-likeness (QED) is 0.870. The Labute approximate surface area is 119 Å². The van der Waals surface area contributed by atoms with Gasteiger partial charge in [-0.15, -0.1) is 0 Å². The molecule has 1 aliphatic carbocycles. The fourth-order valence-corrected chi connectivity index (χ4v) is 3.52. The van der Waals surface area contributed by atoms with Crippen molar-refractivity contribution in [1.82, 2.24) is 5.32 Å². The Morgan fingerprint density at radius 3 is 2.47 bits per heavy atom. The standard InChI is InChI=1S/C15H22N2OS/c1-19-15(8-2-3-9-15)11-17-14(18)13-6-4-12(10-16)5-7-13/h4-7H,2-3,8-11,16H2,1H3,(H,17,18). The van der Waals surface area contributed by atoms with Gasteiger partial charge in [0, 0.05) is 23.4 Å². The van der Waals surface area contributed by atoms with E-state index in [0.717, 1.165) is 12.1 Å². The second-order valence-corrected chi connectivity index (χ2v) is 6.45. The summed E-state index contributed by atoms with van der Waals surface area (Å²) in [5.41, 5.74) is 7.31. The maximum atomic E-state index is 12.1. The average Bonchev–Trinajstić information content (AvgIpc) is 2.94. The molecule has 0 atom stereocenters. The van der Waals surface area contributed by atoms with Crippen LogP contribution in [0.3, 0.4) is 0 Å². The second-order valence-electron chi connectivity index (χ2n) is 5.18. The molecule has 0 spiro atoms. The SMILES string of the molecule is CSC1(CNC(=O)c2ccc(CN)cc2)CCCC1. The number of rotatable bonds is 5. The number of hydrogen-bond donors (Lipinski definition) is 2. The van der Waals surface area contributed by atoms with Crippen LogP contribution in [0.15, 0.2) is 24.3 Å². The highest BCUT2D eigenvalue weighted by Gasteiger charge is 2.33. The summed E-state index contributed by atoms with van der Waals surface area (Å²) >= 11 is 1.89. The van der Waals surface area contributed by atoms with Gasteiger partial charge in [-0.25, -0.2) is 0 Å². The summed E-state index contributed by atoms with van der Waals surface area (Å²) in [6.45, 7) is 1.28. The first-order valence-electron chi connectivity index (χ1n) is 6.81. The molecule has 0 aliphatic heterocycles. The van der Waals surface area contributed by atoms with Crippen LogP contribution in [0, 0.1) is 0 Å². The lowest BCUT2D eigenvalue weighted by molar-refractivity contribution is 0.0949. The van der Waals surface area contributed by atoms with Crippen LogP contribution in [0.4, 0.5) is 0 Å². The van der Waals surface area contributed by atoms with Gasteiger partial charge in [0.2, 0.25) is 0 Å². The number of amides is 1. The molecular formula is C15H22N2OS. The summed E-state index contributed by atoms with van der Waals surface area (Å²) in [4.78, 5) is 12.1. The number of hydrogen-bond acceptors (Lipinski definition) is 3. The third-order valence-corrected chi connectivity index (χ3v) is 5.39. The molecule has 104 valence electrons. The van der Waals surface area contributed by atoms with E-state index in [1.165, 1.54) is 25.7 Å². The molecule has 0 bridgehead atoms. The van der Waals surface area contributed by atoms with E-state index < -0.39 is 0 Å². The van der Waals surface area contributed by atoms with E-state index in [1.54, 1.807) is 0 Å². The van der Waals surface area contributed by atoms with Crippen molar-refractivity contribution in [3.8, 4) is 0 Å². The van der Waals surface area contributed by atoms with Crippen molar-refractivity contribution in [2.24, 2.45) is 5.73 Å². The zero-order chi connectivity index (χ0) is 13.7. The number of benzene rings is 1. The maximum Gasteiger partial charge on any atom is 0.251 e. The van der Waals surface area contributed by atoms with Gasteiger partial charge < -0.3 is 11.1 Å². The zero-order valence-electron chi connectivity index (χ0n) is 11.4. The summed E-state index contributed by atoms with van der Waals surface area (Å²) in [6.07, 6.45) is 7.12. The molecule has 0 unspecified atom stereocenters. The van der Waals surface area contributed by atoms with Crippen LogP contribution in [-0.4, -0.2) is 23.5 Å². The monoisotopic (exact) mass is 278 g/mol. The zero-order valence-corrected chi connectivity index (χ0v) is 12.3. The lowest BCUT2D eigenvalue weighted by Gasteiger charge is -2.26. The highest BCUT2D eigenvalue weighted by molar-refractivity contribution is 8.00. The van der Waals surface area contributed by atoms with Gasteiger partial charge in [0.1, 0.15) is 0 Å². The Morgan fingerprint density at radius 2 is 1.95 bits per heavy atom. The van der Waals surface area contributed by atoms with Crippen molar-refractivity contribution < 1.29 is 4.79 Å². The van der Waals surface area contributed by atoms with Crippen molar-refractivity contribution in [2.75, 3.05) is 12.8 Å². The molecule has 2 rings (SSSR count). The minimum atomic E-state index is 0.0175. The van der Waals surface area contributed by atoms with Crippen LogP contribution >= 0.6 is 11.8 Å². The van der Waals surface area contributed by atoms with Crippen molar-refractivity contribution in [3.63, 3.8) is 0 Å². The molecule has 1 fully saturated rings. The van der Waals surface area contributed by atoms with Crippen LogP contribution < -0.4 is 11.1 Å². The predicted octanol–water partition coefficient (Wildman–Crippen LogP) is 2.55. The third kappa shape index (κ3) is 3.51. The molecule has 0 saturated heterocycles. The fraction of sp³-hybridized carbons (Fsp3) is 0.533. The second kappa shape index (κ2) is 6.44. The Balaban J connectivity index is 1.93. The van der Waals surface area contributed by atoms with Crippen molar-refractivity contribution >= 4 is 17.7 Å². The van der Waals surface area contributed by atoms with Gasteiger partial charge in [-0.3, -0.25) is 4.79 Å². The van der Waals surface area contributed by atoms with E-state index in [4.69, 9.17) is 5.73 Å². The van der Waals surface area contributed by atoms with Gasteiger partial charge in [0.25, 0.3) is 5.91 Å². The summed E-state index contributed by atoms with van der Waals surface area (Å²) in [7, 11) is 0. The molecule has 3 nitrogen and oxygen atoms in total. The molecular weight excluding hydrogens is 256 g/mol. The highest BCUT2D eigenvalue weighted by Crippen LogP contribution is 2.39. The lowest BCUT2D eigenvalue weighted by atomic mass is 10.1. The summed E-state index contributed by atoms with van der Waals surface area (Å²) in [5.74, 6) is 0.0175. The fourth-order valence-electron chi connectivity index (χ4n) is 2.61. The van der Waals surface area contributed by atoms with Gasteiger partial charge in [0.05, 0.1) is 0 Å². The minimum Gasteiger partial charge on any atom is -0.351 e. The molecule has 3 N–H and O–H groups in total. The van der Waals surface area contributed by atoms with Crippen LogP contribution in [0.25, 0.3) is 0 Å². The van der Waals surface area contributed by atoms with E-state index >= 15 is 0 Å². The Morgan fingerprint density at radius 1 is 1.32 bits per heavy atom. The molecule has 4 heteroatoms. The van der Waals surface area contributed by atoms with Crippen molar-refractivity contribution in [1.29, 1.82) is 0 Å². The average molecular weight is 278 g/mol. The Bertz CT molecular complexity index is 424. The van der Waals surface area contributed by atoms with E-state index in [1.807, 2.05) is 36.0 Å². The molecule has 0 radical (unpaired) electrons. The van der Waals surface area contributed by atoms with Crippen LogP contribution in [0.2, 0.25) is 0 Å². The number of carbonyl (C=O) groups is 1. The number of thioether (sulfide) groups is 1. The molecule has 0 heterocycles. The van der Waals surface area contributed by atoms with E-state index in [2.05, 4.69) is 11.6 Å². The van der Waals surface area contributed by atoms with Gasteiger partial charge in [-0.2, -0.15) is 11.8 Å². The first kappa shape index (κ1) is 14.4. The number of nitrogens with one attached hydrogen (secondary N) is 1. The minimum absolute atomic E-state index is 0.0175. The summed E-state index contributed by atoms with van der Waals surface area (Å²) in [5, 5.41) is 3.08. The normalized spacial score (nSPS) is 17.4. The first-order chi connectivity index (χ1) is 9.19. The predicted molar refractivity (Wildman–Crippen MR) is 81.4 cm³/mol. The largest absolute Gasteiger partial charge is 0.351 e. The van der Waals surface area contributed by atoms with Gasteiger partial charge >= 0.3 is 0 Å². The summed E-state index contributed by atoms with van der Waals surface area (Å²) in [6, 6.07) is 7.51. The van der Waals surface area contributed by atoms with Gasteiger partial charge in [0.15, 0.2) is 0 Å². The molecule has 1 aromatic rings. The third-order valence-electron chi connectivity index (χ3n) is 3.97. The van der Waals surface area contributed by atoms with Crippen molar-refractivity contribution in [3.05, 3.63) is 35.4 Å². The molecule has 1 aromatic carbocycles.